The molecule has 2 aliphatic rings. The molecule has 1 amide bonds. The summed E-state index contributed by atoms with van der Waals surface area (Å²) in [6, 6.07) is 16.9. The number of aliphatic imine (C=N–C) groups is 1. The highest BCUT2D eigenvalue weighted by atomic mass is 16.4. The lowest BCUT2D eigenvalue weighted by atomic mass is 9.98. The molecule has 1 spiro atoms. The van der Waals surface area contributed by atoms with E-state index >= 15 is 0 Å². The van der Waals surface area contributed by atoms with Gasteiger partial charge in [0.2, 0.25) is 0 Å². The van der Waals surface area contributed by atoms with E-state index < -0.39 is 11.5 Å². The highest BCUT2D eigenvalue weighted by Crippen LogP contribution is 2.40. The molecular formula is C27H30N2O3. The van der Waals surface area contributed by atoms with Crippen molar-refractivity contribution in [3.8, 4) is 0 Å². The molecule has 2 aromatic rings. The van der Waals surface area contributed by atoms with Crippen molar-refractivity contribution in [3.63, 3.8) is 0 Å². The molecule has 0 radical (unpaired) electrons. The molecule has 4 rings (SSSR count). The van der Waals surface area contributed by atoms with Crippen LogP contribution in [0.4, 0.5) is 0 Å². The molecule has 166 valence electrons. The maximum absolute atomic E-state index is 13.3. The number of unbranched alkanes of at least 4 members (excludes halogenated alkanes) is 1. The highest BCUT2D eigenvalue weighted by molar-refractivity contribution is 6.20. The van der Waals surface area contributed by atoms with Crippen LogP contribution in [0.2, 0.25) is 0 Å². The second kappa shape index (κ2) is 9.51. The predicted octanol–water partition coefficient (Wildman–Crippen LogP) is 5.56. The van der Waals surface area contributed by atoms with Crippen LogP contribution >= 0.6 is 0 Å². The van der Waals surface area contributed by atoms with Crippen molar-refractivity contribution < 1.29 is 14.7 Å². The van der Waals surface area contributed by atoms with E-state index in [2.05, 4.69) is 6.92 Å². The number of carboxylic acid groups (broad SMARTS) is 1. The topological polar surface area (TPSA) is 70.0 Å². The zero-order chi connectivity index (χ0) is 22.6. The third kappa shape index (κ3) is 4.52. The van der Waals surface area contributed by atoms with Crippen molar-refractivity contribution in [1.82, 2.24) is 4.90 Å². The summed E-state index contributed by atoms with van der Waals surface area (Å²) in [7, 11) is 0. The minimum absolute atomic E-state index is 0.155. The molecule has 0 bridgehead atoms. The van der Waals surface area contributed by atoms with Crippen LogP contribution in [-0.4, -0.2) is 33.3 Å². The minimum Gasteiger partial charge on any atom is -0.478 e. The summed E-state index contributed by atoms with van der Waals surface area (Å²) < 4.78 is 0. The average Bonchev–Trinajstić information content (AvgIpc) is 3.38. The van der Waals surface area contributed by atoms with Crippen LogP contribution in [0.1, 0.15) is 68.6 Å². The van der Waals surface area contributed by atoms with Gasteiger partial charge in [-0.1, -0.05) is 80.8 Å². The Morgan fingerprint density at radius 2 is 1.78 bits per heavy atom. The van der Waals surface area contributed by atoms with E-state index in [-0.39, 0.29) is 11.5 Å². The molecule has 0 aromatic heterocycles. The molecule has 1 aliphatic heterocycles. The summed E-state index contributed by atoms with van der Waals surface area (Å²) in [6.07, 6.45) is 8.48. The standard InChI is InChI=1S/C27H30N2O3/c1-2-3-11-24-28-27(16-7-8-17-27)26(32)29(24)19-21-14-12-20(13-15-21)18-23(25(30)31)22-9-5-4-6-10-22/h4-6,9-10,12-15,18H,2-3,7-8,11,16-17,19H2,1H3,(H,30,31)/b23-18-. The first-order valence-electron chi connectivity index (χ1n) is 11.5. The summed E-state index contributed by atoms with van der Waals surface area (Å²) in [5.41, 5.74) is 2.24. The van der Waals surface area contributed by atoms with Gasteiger partial charge in [-0.2, -0.15) is 0 Å². The number of aliphatic carboxylic acids is 1. The third-order valence-electron chi connectivity index (χ3n) is 6.43. The normalized spacial score (nSPS) is 17.8. The number of amides is 1. The Kier molecular flexibility index (Phi) is 6.54. The summed E-state index contributed by atoms with van der Waals surface area (Å²) >= 11 is 0. The molecule has 32 heavy (non-hydrogen) atoms. The molecule has 5 nitrogen and oxygen atoms in total. The second-order valence-electron chi connectivity index (χ2n) is 8.73. The van der Waals surface area contributed by atoms with Crippen LogP contribution in [0.25, 0.3) is 11.6 Å². The molecule has 1 saturated carbocycles. The SMILES string of the molecule is CCCCC1=NC2(CCCC2)C(=O)N1Cc1ccc(/C=C(\C(=O)O)c2ccccc2)cc1. The number of amidine groups is 1. The molecule has 0 atom stereocenters. The summed E-state index contributed by atoms with van der Waals surface area (Å²) in [4.78, 5) is 31.9. The molecule has 1 fully saturated rings. The zero-order valence-electron chi connectivity index (χ0n) is 18.6. The monoisotopic (exact) mass is 430 g/mol. The first-order chi connectivity index (χ1) is 15.5. The van der Waals surface area contributed by atoms with E-state index in [0.717, 1.165) is 61.9 Å². The molecule has 0 unspecified atom stereocenters. The van der Waals surface area contributed by atoms with Gasteiger partial charge in [-0.05, 0) is 42.0 Å². The molecule has 0 saturated heterocycles. The average molecular weight is 431 g/mol. The van der Waals surface area contributed by atoms with Gasteiger partial charge >= 0.3 is 5.97 Å². The number of nitrogens with zero attached hydrogens (tertiary/aromatic N) is 2. The van der Waals surface area contributed by atoms with Gasteiger partial charge in [0.05, 0.1) is 12.1 Å². The largest absolute Gasteiger partial charge is 0.478 e. The fourth-order valence-electron chi connectivity index (χ4n) is 4.65. The van der Waals surface area contributed by atoms with Crippen molar-refractivity contribution in [1.29, 1.82) is 0 Å². The van der Waals surface area contributed by atoms with Gasteiger partial charge in [-0.15, -0.1) is 0 Å². The van der Waals surface area contributed by atoms with E-state index in [4.69, 9.17) is 4.99 Å². The highest BCUT2D eigenvalue weighted by Gasteiger charge is 2.49. The fraction of sp³-hybridized carbons (Fsp3) is 0.370. The number of benzene rings is 2. The Morgan fingerprint density at radius 1 is 1.09 bits per heavy atom. The van der Waals surface area contributed by atoms with Crippen LogP contribution in [0.3, 0.4) is 0 Å². The summed E-state index contributed by atoms with van der Waals surface area (Å²) in [6.45, 7) is 2.66. The quantitative estimate of drug-likeness (QED) is 0.441. The lowest BCUT2D eigenvalue weighted by Gasteiger charge is -2.22. The number of carbonyl (C=O) groups is 2. The Bertz CT molecular complexity index is 1030. The van der Waals surface area contributed by atoms with E-state index in [0.29, 0.717) is 12.1 Å². The van der Waals surface area contributed by atoms with Gasteiger partial charge < -0.3 is 5.11 Å². The van der Waals surface area contributed by atoms with E-state index in [9.17, 15) is 14.7 Å². The molecule has 5 heteroatoms. The molecular weight excluding hydrogens is 400 g/mol. The van der Waals surface area contributed by atoms with Gasteiger partial charge in [0.1, 0.15) is 11.4 Å². The molecule has 1 aliphatic carbocycles. The summed E-state index contributed by atoms with van der Waals surface area (Å²) in [5.74, 6) is 0.129. The van der Waals surface area contributed by atoms with Gasteiger partial charge in [0, 0.05) is 6.42 Å². The van der Waals surface area contributed by atoms with Crippen molar-refractivity contribution in [2.75, 3.05) is 0 Å². The number of rotatable bonds is 8. The van der Waals surface area contributed by atoms with E-state index in [1.165, 1.54) is 0 Å². The van der Waals surface area contributed by atoms with Gasteiger partial charge in [0.15, 0.2) is 0 Å². The second-order valence-corrected chi connectivity index (χ2v) is 8.73. The van der Waals surface area contributed by atoms with Crippen LogP contribution in [0, 0.1) is 0 Å². The van der Waals surface area contributed by atoms with Crippen molar-refractivity contribution >= 4 is 29.4 Å². The van der Waals surface area contributed by atoms with Gasteiger partial charge in [0.25, 0.3) is 5.91 Å². The van der Waals surface area contributed by atoms with E-state index in [1.807, 2.05) is 47.4 Å². The van der Waals surface area contributed by atoms with Crippen LogP contribution in [0.5, 0.6) is 0 Å². The number of carboxylic acids is 1. The van der Waals surface area contributed by atoms with Crippen LogP contribution in [-0.2, 0) is 16.1 Å². The number of hydrogen-bond acceptors (Lipinski definition) is 3. The lowest BCUT2D eigenvalue weighted by Crippen LogP contribution is -2.40. The van der Waals surface area contributed by atoms with Crippen LogP contribution < -0.4 is 0 Å². The molecule has 2 aromatic carbocycles. The first-order valence-corrected chi connectivity index (χ1v) is 11.5. The maximum atomic E-state index is 13.3. The van der Waals surface area contributed by atoms with Crippen LogP contribution in [0.15, 0.2) is 59.6 Å². The fourth-order valence-corrected chi connectivity index (χ4v) is 4.65. The zero-order valence-corrected chi connectivity index (χ0v) is 18.6. The number of hydrogen-bond donors (Lipinski definition) is 1. The first kappa shape index (κ1) is 22.0. The van der Waals surface area contributed by atoms with Crippen molar-refractivity contribution in [2.45, 2.75) is 64.0 Å². The predicted molar refractivity (Wildman–Crippen MR) is 127 cm³/mol. The minimum atomic E-state index is -0.957. The van der Waals surface area contributed by atoms with E-state index in [1.54, 1.807) is 18.2 Å². The third-order valence-corrected chi connectivity index (χ3v) is 6.43. The Balaban J connectivity index is 1.53. The van der Waals surface area contributed by atoms with Crippen molar-refractivity contribution in [2.24, 2.45) is 4.99 Å². The van der Waals surface area contributed by atoms with Crippen molar-refractivity contribution in [3.05, 3.63) is 71.3 Å². The Hall–Kier alpha value is -3.21. The van der Waals surface area contributed by atoms with Gasteiger partial charge in [-0.3, -0.25) is 14.7 Å². The van der Waals surface area contributed by atoms with Gasteiger partial charge in [-0.25, -0.2) is 4.79 Å². The summed E-state index contributed by atoms with van der Waals surface area (Å²) in [5, 5.41) is 9.64. The molecule has 1 heterocycles. The smallest absolute Gasteiger partial charge is 0.336 e. The maximum Gasteiger partial charge on any atom is 0.336 e. The Morgan fingerprint density at radius 3 is 2.41 bits per heavy atom. The molecule has 1 N–H and O–H groups in total. The number of carbonyl (C=O) groups excluding carboxylic acids is 1. The lowest BCUT2D eigenvalue weighted by molar-refractivity contribution is -0.131. The Labute approximate surface area is 189 Å².